The molecule has 1 heterocycles. The molecule has 0 aliphatic heterocycles. The van der Waals surface area contributed by atoms with Gasteiger partial charge >= 0.3 is 0 Å². The molecule has 0 radical (unpaired) electrons. The van der Waals surface area contributed by atoms with Crippen LogP contribution in [0.3, 0.4) is 0 Å². The van der Waals surface area contributed by atoms with Crippen LogP contribution < -0.4 is 5.32 Å². The predicted octanol–water partition coefficient (Wildman–Crippen LogP) is 4.02. The summed E-state index contributed by atoms with van der Waals surface area (Å²) in [5.41, 5.74) is 4.60. The molecular formula is C19H26N2O. The maximum Gasteiger partial charge on any atom is 0.224 e. The van der Waals surface area contributed by atoms with Crippen molar-refractivity contribution in [2.45, 2.75) is 58.9 Å². The minimum atomic E-state index is 0.157. The minimum Gasteiger partial charge on any atom is -0.358 e. The number of hydrogen-bond acceptors (Lipinski definition) is 1. The lowest BCUT2D eigenvalue weighted by Crippen LogP contribution is -2.41. The van der Waals surface area contributed by atoms with Crippen LogP contribution in [-0.2, 0) is 11.2 Å². The molecule has 1 aromatic heterocycles. The number of amides is 1. The summed E-state index contributed by atoms with van der Waals surface area (Å²) < 4.78 is 0. The van der Waals surface area contributed by atoms with Crippen LogP contribution in [0.2, 0.25) is 0 Å². The lowest BCUT2D eigenvalue weighted by Gasteiger charge is -2.29. The first-order valence-electron chi connectivity index (χ1n) is 8.42. The molecule has 1 aliphatic carbocycles. The normalized spacial score (nSPS) is 22.0. The van der Waals surface area contributed by atoms with Crippen LogP contribution in [0.1, 0.15) is 49.4 Å². The number of aryl methyl sites for hydroxylation is 2. The number of carbonyl (C=O) groups is 1. The highest BCUT2D eigenvalue weighted by Gasteiger charge is 2.23. The molecule has 118 valence electrons. The Morgan fingerprint density at radius 3 is 2.82 bits per heavy atom. The van der Waals surface area contributed by atoms with Crippen LogP contribution in [0.15, 0.2) is 18.2 Å². The lowest BCUT2D eigenvalue weighted by atomic mass is 9.86. The van der Waals surface area contributed by atoms with Gasteiger partial charge in [0.05, 0.1) is 6.42 Å². The van der Waals surface area contributed by atoms with E-state index in [0.717, 1.165) is 23.2 Å². The van der Waals surface area contributed by atoms with Gasteiger partial charge in [-0.1, -0.05) is 31.4 Å². The Morgan fingerprint density at radius 1 is 1.27 bits per heavy atom. The molecule has 3 rings (SSSR count). The molecule has 22 heavy (non-hydrogen) atoms. The first-order chi connectivity index (χ1) is 10.5. The molecule has 2 atom stereocenters. The number of rotatable bonds is 3. The van der Waals surface area contributed by atoms with Gasteiger partial charge in [0.25, 0.3) is 0 Å². The second-order valence-electron chi connectivity index (χ2n) is 6.89. The van der Waals surface area contributed by atoms with Crippen LogP contribution in [0.25, 0.3) is 10.9 Å². The fourth-order valence-corrected chi connectivity index (χ4v) is 3.67. The Morgan fingerprint density at radius 2 is 2.05 bits per heavy atom. The molecule has 0 bridgehead atoms. The Balaban J connectivity index is 1.76. The number of hydrogen-bond donors (Lipinski definition) is 2. The molecule has 1 saturated carbocycles. The summed E-state index contributed by atoms with van der Waals surface area (Å²) in [5, 5.41) is 4.45. The van der Waals surface area contributed by atoms with Crippen LogP contribution in [0, 0.1) is 19.8 Å². The number of nitrogens with one attached hydrogen (secondary N) is 2. The third kappa shape index (κ3) is 3.03. The fourth-order valence-electron chi connectivity index (χ4n) is 3.67. The fraction of sp³-hybridized carbons (Fsp3) is 0.526. The highest BCUT2D eigenvalue weighted by molar-refractivity contribution is 5.90. The van der Waals surface area contributed by atoms with Gasteiger partial charge in [-0.3, -0.25) is 4.79 Å². The Bertz CT molecular complexity index is 686. The zero-order valence-corrected chi connectivity index (χ0v) is 13.8. The second kappa shape index (κ2) is 6.15. The van der Waals surface area contributed by atoms with Gasteiger partial charge in [-0.05, 0) is 50.3 Å². The van der Waals surface area contributed by atoms with E-state index in [1.54, 1.807) is 0 Å². The van der Waals surface area contributed by atoms with Crippen molar-refractivity contribution in [3.63, 3.8) is 0 Å². The minimum absolute atomic E-state index is 0.157. The smallest absolute Gasteiger partial charge is 0.224 e. The summed E-state index contributed by atoms with van der Waals surface area (Å²) in [7, 11) is 0. The number of carbonyl (C=O) groups excluding carboxylic acids is 1. The molecule has 1 amide bonds. The van der Waals surface area contributed by atoms with Crippen molar-refractivity contribution < 1.29 is 4.79 Å². The zero-order chi connectivity index (χ0) is 15.7. The summed E-state index contributed by atoms with van der Waals surface area (Å²) in [6.45, 7) is 6.40. The van der Waals surface area contributed by atoms with Crippen molar-refractivity contribution in [1.82, 2.24) is 10.3 Å². The predicted molar refractivity (Wildman–Crippen MR) is 91.0 cm³/mol. The molecular weight excluding hydrogens is 272 g/mol. The van der Waals surface area contributed by atoms with Gasteiger partial charge in [0.15, 0.2) is 0 Å². The number of fused-ring (bicyclic) bond motifs is 1. The van der Waals surface area contributed by atoms with Crippen molar-refractivity contribution in [2.75, 3.05) is 0 Å². The standard InChI is InChI=1S/C19H26N2O/c1-12-8-9-18-16(10-12)15(14(3)20-18)11-19(22)21-17-7-5-4-6-13(17)2/h8-10,13,17,20H,4-7,11H2,1-3H3,(H,21,22). The van der Waals surface area contributed by atoms with Crippen LogP contribution >= 0.6 is 0 Å². The van der Waals surface area contributed by atoms with Gasteiger partial charge in [-0.15, -0.1) is 0 Å². The maximum atomic E-state index is 12.5. The molecule has 0 saturated heterocycles. The largest absolute Gasteiger partial charge is 0.358 e. The summed E-state index contributed by atoms with van der Waals surface area (Å²) >= 11 is 0. The molecule has 1 aliphatic rings. The average Bonchev–Trinajstić information content (AvgIpc) is 2.77. The second-order valence-corrected chi connectivity index (χ2v) is 6.89. The van der Waals surface area contributed by atoms with Gasteiger partial charge < -0.3 is 10.3 Å². The van der Waals surface area contributed by atoms with E-state index in [1.165, 1.54) is 30.2 Å². The first kappa shape index (κ1) is 15.1. The molecule has 1 fully saturated rings. The number of benzene rings is 1. The van der Waals surface area contributed by atoms with Gasteiger partial charge in [0.1, 0.15) is 0 Å². The zero-order valence-electron chi connectivity index (χ0n) is 13.8. The Labute approximate surface area is 132 Å². The Kier molecular flexibility index (Phi) is 4.23. The maximum absolute atomic E-state index is 12.5. The van der Waals surface area contributed by atoms with Crippen LogP contribution in [0.5, 0.6) is 0 Å². The highest BCUT2D eigenvalue weighted by Crippen LogP contribution is 2.26. The van der Waals surface area contributed by atoms with Crippen molar-refractivity contribution in [3.05, 3.63) is 35.0 Å². The topological polar surface area (TPSA) is 44.9 Å². The number of aromatic amines is 1. The van der Waals surface area contributed by atoms with Crippen LogP contribution in [0.4, 0.5) is 0 Å². The van der Waals surface area contributed by atoms with Gasteiger partial charge in [0.2, 0.25) is 5.91 Å². The van der Waals surface area contributed by atoms with E-state index < -0.39 is 0 Å². The molecule has 3 nitrogen and oxygen atoms in total. The number of aromatic nitrogens is 1. The van der Waals surface area contributed by atoms with E-state index in [1.807, 2.05) is 0 Å². The summed E-state index contributed by atoms with van der Waals surface area (Å²) in [4.78, 5) is 15.9. The monoisotopic (exact) mass is 298 g/mol. The average molecular weight is 298 g/mol. The van der Waals surface area contributed by atoms with E-state index >= 15 is 0 Å². The molecule has 2 aromatic rings. The van der Waals surface area contributed by atoms with E-state index in [-0.39, 0.29) is 5.91 Å². The molecule has 1 aromatic carbocycles. The first-order valence-corrected chi connectivity index (χ1v) is 8.42. The lowest BCUT2D eigenvalue weighted by molar-refractivity contribution is -0.121. The number of H-pyrrole nitrogens is 1. The third-order valence-corrected chi connectivity index (χ3v) is 5.07. The molecule has 2 N–H and O–H groups in total. The van der Waals surface area contributed by atoms with Gasteiger partial charge in [-0.2, -0.15) is 0 Å². The van der Waals surface area contributed by atoms with Gasteiger partial charge in [-0.25, -0.2) is 0 Å². The van der Waals surface area contributed by atoms with Crippen molar-refractivity contribution in [3.8, 4) is 0 Å². The van der Waals surface area contributed by atoms with Crippen molar-refractivity contribution >= 4 is 16.8 Å². The van der Waals surface area contributed by atoms with Crippen LogP contribution in [-0.4, -0.2) is 16.9 Å². The molecule has 3 heteroatoms. The quantitative estimate of drug-likeness (QED) is 0.883. The highest BCUT2D eigenvalue weighted by atomic mass is 16.1. The van der Waals surface area contributed by atoms with E-state index in [9.17, 15) is 4.79 Å². The van der Waals surface area contributed by atoms with Crippen molar-refractivity contribution in [2.24, 2.45) is 5.92 Å². The summed E-state index contributed by atoms with van der Waals surface area (Å²) in [5.74, 6) is 0.758. The van der Waals surface area contributed by atoms with Gasteiger partial charge in [0, 0.05) is 22.6 Å². The summed E-state index contributed by atoms with van der Waals surface area (Å²) in [6.07, 6.45) is 5.36. The third-order valence-electron chi connectivity index (χ3n) is 5.07. The van der Waals surface area contributed by atoms with E-state index in [4.69, 9.17) is 0 Å². The molecule has 2 unspecified atom stereocenters. The SMILES string of the molecule is Cc1ccc2[nH]c(C)c(CC(=O)NC3CCCCC3C)c2c1. The van der Waals surface area contributed by atoms with Crippen molar-refractivity contribution in [1.29, 1.82) is 0 Å². The Hall–Kier alpha value is -1.77. The molecule has 0 spiro atoms. The van der Waals surface area contributed by atoms with E-state index in [0.29, 0.717) is 18.4 Å². The summed E-state index contributed by atoms with van der Waals surface area (Å²) in [6, 6.07) is 6.73. The van der Waals surface area contributed by atoms with E-state index in [2.05, 4.69) is 49.3 Å².